The number of carbonyl (C=O) groups is 3. The second kappa shape index (κ2) is 9.51. The zero-order chi connectivity index (χ0) is 21.0. The van der Waals surface area contributed by atoms with Crippen LogP contribution in [0.4, 0.5) is 5.00 Å². The molecule has 0 bridgehead atoms. The highest BCUT2D eigenvalue weighted by Crippen LogP contribution is 2.35. The van der Waals surface area contributed by atoms with Gasteiger partial charge in [0.2, 0.25) is 0 Å². The highest BCUT2D eigenvalue weighted by atomic mass is 79.9. The van der Waals surface area contributed by atoms with Gasteiger partial charge < -0.3 is 19.7 Å². The Kier molecular flexibility index (Phi) is 7.05. The molecule has 2 amide bonds. The molecule has 7 nitrogen and oxygen atoms in total. The molecule has 1 aliphatic heterocycles. The van der Waals surface area contributed by atoms with Gasteiger partial charge in [-0.3, -0.25) is 9.59 Å². The van der Waals surface area contributed by atoms with E-state index in [0.29, 0.717) is 47.3 Å². The Morgan fingerprint density at radius 2 is 1.86 bits per heavy atom. The van der Waals surface area contributed by atoms with Crippen LogP contribution in [0.3, 0.4) is 0 Å². The van der Waals surface area contributed by atoms with Crippen molar-refractivity contribution < 1.29 is 23.9 Å². The van der Waals surface area contributed by atoms with Crippen LogP contribution in [0, 0.1) is 6.92 Å². The predicted molar refractivity (Wildman–Crippen MR) is 114 cm³/mol. The number of benzene rings is 1. The van der Waals surface area contributed by atoms with Gasteiger partial charge in [0.05, 0.1) is 30.3 Å². The summed E-state index contributed by atoms with van der Waals surface area (Å²) in [6.45, 7) is 5.55. The van der Waals surface area contributed by atoms with Crippen molar-refractivity contribution in [1.29, 1.82) is 0 Å². The van der Waals surface area contributed by atoms with E-state index in [0.717, 1.165) is 15.8 Å². The summed E-state index contributed by atoms with van der Waals surface area (Å²) in [4.78, 5) is 40.3. The van der Waals surface area contributed by atoms with Gasteiger partial charge in [-0.05, 0) is 43.7 Å². The molecule has 2 aromatic rings. The fourth-order valence-electron chi connectivity index (χ4n) is 2.94. The van der Waals surface area contributed by atoms with E-state index < -0.39 is 5.97 Å². The van der Waals surface area contributed by atoms with Gasteiger partial charge in [0.1, 0.15) is 5.00 Å². The van der Waals surface area contributed by atoms with Crippen LogP contribution in [0.15, 0.2) is 28.7 Å². The van der Waals surface area contributed by atoms with Crippen LogP contribution in [-0.2, 0) is 9.47 Å². The Labute approximate surface area is 181 Å². The SMILES string of the molecule is CCOC(=O)c1c(NC(=O)c2ccc(Br)cc2)sc(C(=O)N2CCOCC2)c1C. The molecule has 154 valence electrons. The standard InChI is InChI=1S/C20H21BrN2O5S/c1-3-28-20(26)15-12(2)16(19(25)23-8-10-27-11-9-23)29-18(15)22-17(24)13-4-6-14(21)7-5-13/h4-7H,3,8-11H2,1-2H3,(H,22,24). The molecule has 0 unspecified atom stereocenters. The first kappa shape index (κ1) is 21.5. The van der Waals surface area contributed by atoms with Crippen molar-refractivity contribution >= 4 is 50.1 Å². The summed E-state index contributed by atoms with van der Waals surface area (Å²) in [5.74, 6) is -1.10. The van der Waals surface area contributed by atoms with Gasteiger partial charge in [0.15, 0.2) is 0 Å². The van der Waals surface area contributed by atoms with Gasteiger partial charge >= 0.3 is 5.97 Å². The summed E-state index contributed by atoms with van der Waals surface area (Å²) < 4.78 is 11.3. The lowest BCUT2D eigenvalue weighted by atomic mass is 10.1. The molecule has 1 saturated heterocycles. The minimum atomic E-state index is -0.562. The van der Waals surface area contributed by atoms with Gasteiger partial charge in [-0.25, -0.2) is 4.79 Å². The molecule has 9 heteroatoms. The van der Waals surface area contributed by atoms with E-state index in [4.69, 9.17) is 9.47 Å². The molecule has 1 N–H and O–H groups in total. The van der Waals surface area contributed by atoms with Crippen LogP contribution in [0.25, 0.3) is 0 Å². The first-order valence-electron chi connectivity index (χ1n) is 9.16. The number of carbonyl (C=O) groups excluding carboxylic acids is 3. The average molecular weight is 481 g/mol. The number of ether oxygens (including phenoxy) is 2. The van der Waals surface area contributed by atoms with Crippen molar-refractivity contribution in [2.24, 2.45) is 0 Å². The third kappa shape index (κ3) is 4.85. The van der Waals surface area contributed by atoms with Gasteiger partial charge in [0, 0.05) is 23.1 Å². The highest BCUT2D eigenvalue weighted by Gasteiger charge is 2.29. The number of morpholine rings is 1. The lowest BCUT2D eigenvalue weighted by molar-refractivity contribution is 0.0305. The number of halogens is 1. The van der Waals surface area contributed by atoms with Crippen molar-refractivity contribution in [3.63, 3.8) is 0 Å². The molecular formula is C20H21BrN2O5S. The third-order valence-electron chi connectivity index (χ3n) is 4.45. The van der Waals surface area contributed by atoms with Crippen LogP contribution in [-0.4, -0.2) is 55.6 Å². The summed E-state index contributed by atoms with van der Waals surface area (Å²) in [6, 6.07) is 6.86. The summed E-state index contributed by atoms with van der Waals surface area (Å²) in [5, 5.41) is 3.08. The molecule has 1 aliphatic rings. The predicted octanol–water partition coefficient (Wildman–Crippen LogP) is 3.72. The monoisotopic (exact) mass is 480 g/mol. The molecule has 0 aliphatic carbocycles. The number of hydrogen-bond acceptors (Lipinski definition) is 6. The maximum atomic E-state index is 13.0. The van der Waals surface area contributed by atoms with Crippen molar-refractivity contribution in [3.05, 3.63) is 50.3 Å². The molecule has 29 heavy (non-hydrogen) atoms. The van der Waals surface area contributed by atoms with Crippen molar-refractivity contribution in [2.45, 2.75) is 13.8 Å². The van der Waals surface area contributed by atoms with Crippen molar-refractivity contribution in [1.82, 2.24) is 4.90 Å². The van der Waals surface area contributed by atoms with Crippen LogP contribution >= 0.6 is 27.3 Å². The van der Waals surface area contributed by atoms with Gasteiger partial charge in [0.25, 0.3) is 11.8 Å². The van der Waals surface area contributed by atoms with Gasteiger partial charge in [-0.2, -0.15) is 0 Å². The maximum absolute atomic E-state index is 13.0. The fourth-order valence-corrected chi connectivity index (χ4v) is 4.36. The zero-order valence-electron chi connectivity index (χ0n) is 16.1. The molecular weight excluding hydrogens is 460 g/mol. The highest BCUT2D eigenvalue weighted by molar-refractivity contribution is 9.10. The molecule has 3 rings (SSSR count). The summed E-state index contributed by atoms with van der Waals surface area (Å²) >= 11 is 4.43. The minimum Gasteiger partial charge on any atom is -0.462 e. The Morgan fingerprint density at radius 3 is 2.48 bits per heavy atom. The summed E-state index contributed by atoms with van der Waals surface area (Å²) in [5.41, 5.74) is 1.17. The van der Waals surface area contributed by atoms with E-state index in [2.05, 4.69) is 21.2 Å². The number of anilines is 1. The Hall–Kier alpha value is -2.23. The quantitative estimate of drug-likeness (QED) is 0.659. The van der Waals surface area contributed by atoms with E-state index in [-0.39, 0.29) is 24.0 Å². The van der Waals surface area contributed by atoms with E-state index in [1.54, 1.807) is 43.0 Å². The van der Waals surface area contributed by atoms with E-state index in [1.165, 1.54) is 0 Å². The Bertz CT molecular complexity index is 920. The largest absolute Gasteiger partial charge is 0.462 e. The fraction of sp³-hybridized carbons (Fsp3) is 0.350. The molecule has 2 heterocycles. The second-order valence-corrected chi connectivity index (χ2v) is 8.28. The summed E-state index contributed by atoms with van der Waals surface area (Å²) in [7, 11) is 0. The molecule has 0 saturated carbocycles. The topological polar surface area (TPSA) is 84.9 Å². The zero-order valence-corrected chi connectivity index (χ0v) is 18.5. The minimum absolute atomic E-state index is 0.175. The number of amides is 2. The Morgan fingerprint density at radius 1 is 1.21 bits per heavy atom. The number of esters is 1. The van der Waals surface area contributed by atoms with Crippen LogP contribution in [0.5, 0.6) is 0 Å². The smallest absolute Gasteiger partial charge is 0.341 e. The van der Waals surface area contributed by atoms with Crippen LogP contribution in [0.1, 0.15) is 42.9 Å². The molecule has 0 spiro atoms. The first-order chi connectivity index (χ1) is 13.9. The number of nitrogens with one attached hydrogen (secondary N) is 1. The van der Waals surface area contributed by atoms with Crippen LogP contribution < -0.4 is 5.32 Å². The second-order valence-electron chi connectivity index (χ2n) is 6.35. The first-order valence-corrected chi connectivity index (χ1v) is 10.8. The van der Waals surface area contributed by atoms with Gasteiger partial charge in [-0.15, -0.1) is 11.3 Å². The molecule has 1 aromatic carbocycles. The summed E-state index contributed by atoms with van der Waals surface area (Å²) in [6.07, 6.45) is 0. The lowest BCUT2D eigenvalue weighted by Gasteiger charge is -2.26. The number of rotatable bonds is 5. The van der Waals surface area contributed by atoms with E-state index in [9.17, 15) is 14.4 Å². The molecule has 0 radical (unpaired) electrons. The van der Waals surface area contributed by atoms with Crippen LogP contribution in [0.2, 0.25) is 0 Å². The number of hydrogen-bond donors (Lipinski definition) is 1. The lowest BCUT2D eigenvalue weighted by Crippen LogP contribution is -2.40. The van der Waals surface area contributed by atoms with Crippen molar-refractivity contribution in [3.8, 4) is 0 Å². The maximum Gasteiger partial charge on any atom is 0.341 e. The Balaban J connectivity index is 1.93. The van der Waals surface area contributed by atoms with Crippen molar-refractivity contribution in [2.75, 3.05) is 38.2 Å². The molecule has 1 aromatic heterocycles. The third-order valence-corrected chi connectivity index (χ3v) is 6.18. The number of thiophene rings is 1. The molecule has 1 fully saturated rings. The molecule has 0 atom stereocenters. The van der Waals surface area contributed by atoms with E-state index >= 15 is 0 Å². The number of nitrogens with zero attached hydrogens (tertiary/aromatic N) is 1. The van der Waals surface area contributed by atoms with E-state index in [1.807, 2.05) is 0 Å². The van der Waals surface area contributed by atoms with Gasteiger partial charge in [-0.1, -0.05) is 15.9 Å². The average Bonchev–Trinajstić information content (AvgIpc) is 3.04. The normalized spacial score (nSPS) is 13.8.